The lowest BCUT2D eigenvalue weighted by atomic mass is 9.85. The number of likely N-dealkylation sites (N-methyl/N-ethyl adjacent to an activating group) is 1. The Hall–Kier alpha value is -2.62. The molecule has 7 nitrogen and oxygen atoms in total. The van der Waals surface area contributed by atoms with E-state index in [0.717, 1.165) is 5.39 Å². The second-order valence-corrected chi connectivity index (χ2v) is 9.06. The molecule has 2 N–H and O–H groups in total. The Morgan fingerprint density at radius 3 is 2.68 bits per heavy atom. The number of aromatic nitrogens is 2. The van der Waals surface area contributed by atoms with Crippen molar-refractivity contribution in [3.05, 3.63) is 58.4 Å². The molecule has 4 rings (SSSR count). The zero-order valence-corrected chi connectivity index (χ0v) is 19.0. The topological polar surface area (TPSA) is 81.6 Å². The number of fused-ring (bicyclic) bond motifs is 1. The van der Waals surface area contributed by atoms with Crippen LogP contribution in [0.1, 0.15) is 17.3 Å². The van der Waals surface area contributed by atoms with Gasteiger partial charge in [0.15, 0.2) is 0 Å². The number of nitrogens with zero attached hydrogens (tertiary/aromatic N) is 4. The zero-order valence-electron chi connectivity index (χ0n) is 17.4. The number of carbonyl (C=O) groups excluding carboxylic acids is 1. The van der Waals surface area contributed by atoms with Gasteiger partial charge in [0.25, 0.3) is 5.91 Å². The number of halogens is 2. The second-order valence-electron chi connectivity index (χ2n) is 8.14. The molecule has 9 heteroatoms. The Labute approximate surface area is 188 Å². The molecular weight excluding hydrogens is 465 g/mol. The fraction of sp³-hybridized carbons (Fsp3) is 0.318. The lowest BCUT2D eigenvalue weighted by molar-refractivity contribution is -0.120. The summed E-state index contributed by atoms with van der Waals surface area (Å²) in [5.41, 5.74) is 0.660. The molecule has 1 amide bonds. The maximum absolute atomic E-state index is 14.4. The smallest absolute Gasteiger partial charge is 0.256 e. The van der Waals surface area contributed by atoms with Crippen molar-refractivity contribution in [2.75, 3.05) is 32.5 Å². The molecule has 3 aromatic rings. The molecule has 0 spiro atoms. The minimum absolute atomic E-state index is 0.0992. The average molecular weight is 488 g/mol. The number of hydrogen-bond donors (Lipinski definition) is 2. The molecule has 1 aliphatic heterocycles. The van der Waals surface area contributed by atoms with Crippen molar-refractivity contribution in [3.8, 4) is 0 Å². The third-order valence-electron chi connectivity index (χ3n) is 5.85. The molecule has 1 aromatic heterocycles. The van der Waals surface area contributed by atoms with Crippen molar-refractivity contribution in [2.45, 2.75) is 18.6 Å². The van der Waals surface area contributed by atoms with Crippen LogP contribution in [0.15, 0.2) is 47.1 Å². The van der Waals surface area contributed by atoms with E-state index < -0.39 is 11.4 Å². The first-order valence-corrected chi connectivity index (χ1v) is 10.6. The highest BCUT2D eigenvalue weighted by Crippen LogP contribution is 2.33. The van der Waals surface area contributed by atoms with Gasteiger partial charge >= 0.3 is 0 Å². The highest BCUT2D eigenvalue weighted by Gasteiger charge is 2.48. The number of rotatable bonds is 5. The fourth-order valence-corrected chi connectivity index (χ4v) is 4.06. The predicted molar refractivity (Wildman–Crippen MR) is 121 cm³/mol. The van der Waals surface area contributed by atoms with Gasteiger partial charge in [-0.05, 0) is 57.4 Å². The molecule has 0 aliphatic carbocycles. The quantitative estimate of drug-likeness (QED) is 0.573. The summed E-state index contributed by atoms with van der Waals surface area (Å²) in [6.07, 6.45) is 1.55. The number of aliphatic hydroxyl groups is 1. The lowest BCUT2D eigenvalue weighted by Gasteiger charge is -2.51. The number of carbonyl (C=O) groups is 1. The van der Waals surface area contributed by atoms with Gasteiger partial charge in [-0.2, -0.15) is 10.2 Å². The van der Waals surface area contributed by atoms with Gasteiger partial charge in [0, 0.05) is 15.9 Å². The van der Waals surface area contributed by atoms with Crippen molar-refractivity contribution in [3.63, 3.8) is 0 Å². The summed E-state index contributed by atoms with van der Waals surface area (Å²) in [6, 6.07) is 9.73. The standard InChI is InChI=1S/C22H23BrFN5O2/c1-13(28(2)3)22(31)11-29(12-22)21(30)16-8-14-6-7-25-27-19(14)10-20(16)26-18-5-4-15(23)9-17(18)24/h4-10,13,26,31H,11-12H2,1-3H3/t13-/m0/s1. The number of benzene rings is 2. The molecule has 0 bridgehead atoms. The largest absolute Gasteiger partial charge is 0.385 e. The highest BCUT2D eigenvalue weighted by molar-refractivity contribution is 9.10. The number of likely N-dealkylation sites (tertiary alicyclic amines) is 1. The van der Waals surface area contributed by atoms with Gasteiger partial charge in [-0.3, -0.25) is 4.79 Å². The van der Waals surface area contributed by atoms with Crippen molar-refractivity contribution >= 4 is 44.1 Å². The molecule has 162 valence electrons. The maximum atomic E-state index is 14.4. The number of anilines is 2. The molecule has 31 heavy (non-hydrogen) atoms. The second kappa shape index (κ2) is 8.14. The van der Waals surface area contributed by atoms with Crippen LogP contribution < -0.4 is 5.32 Å². The maximum Gasteiger partial charge on any atom is 0.256 e. The van der Waals surface area contributed by atoms with Crippen molar-refractivity contribution in [2.24, 2.45) is 0 Å². The van der Waals surface area contributed by atoms with Gasteiger partial charge in [0.05, 0.1) is 41.7 Å². The van der Waals surface area contributed by atoms with Crippen LogP contribution in [0.2, 0.25) is 0 Å². The summed E-state index contributed by atoms with van der Waals surface area (Å²) < 4.78 is 15.0. The van der Waals surface area contributed by atoms with E-state index in [1.54, 1.807) is 41.4 Å². The number of amides is 1. The monoisotopic (exact) mass is 487 g/mol. The van der Waals surface area contributed by atoms with E-state index in [9.17, 15) is 14.3 Å². The number of β-amino-alcohol motifs (C(OH)–C–C–N with tert-alkyl or cyclic N) is 1. The van der Waals surface area contributed by atoms with E-state index in [2.05, 4.69) is 31.4 Å². The summed E-state index contributed by atoms with van der Waals surface area (Å²) in [4.78, 5) is 16.9. The molecule has 1 atom stereocenters. The van der Waals surface area contributed by atoms with Crippen LogP contribution >= 0.6 is 15.9 Å². The van der Waals surface area contributed by atoms with Gasteiger partial charge in [0.2, 0.25) is 0 Å². The molecule has 0 saturated carbocycles. The van der Waals surface area contributed by atoms with Crippen LogP contribution in [0.3, 0.4) is 0 Å². The van der Waals surface area contributed by atoms with Crippen molar-refractivity contribution in [1.29, 1.82) is 0 Å². The molecule has 0 radical (unpaired) electrons. The van der Waals surface area contributed by atoms with E-state index in [1.165, 1.54) is 6.07 Å². The predicted octanol–water partition coefficient (Wildman–Crippen LogP) is 3.41. The van der Waals surface area contributed by atoms with Gasteiger partial charge in [0.1, 0.15) is 11.4 Å². The first-order chi connectivity index (χ1) is 14.7. The van der Waals surface area contributed by atoms with Gasteiger partial charge < -0.3 is 20.2 Å². The molecule has 0 unspecified atom stereocenters. The van der Waals surface area contributed by atoms with E-state index in [-0.39, 0.29) is 30.7 Å². The van der Waals surface area contributed by atoms with E-state index in [4.69, 9.17) is 0 Å². The first-order valence-electron chi connectivity index (χ1n) is 9.83. The minimum atomic E-state index is -0.965. The Kier molecular flexibility index (Phi) is 5.67. The molecule has 2 aromatic carbocycles. The molecule has 1 saturated heterocycles. The molecule has 1 aliphatic rings. The normalized spacial score (nSPS) is 16.3. The van der Waals surface area contributed by atoms with Gasteiger partial charge in [-0.25, -0.2) is 4.39 Å². The highest BCUT2D eigenvalue weighted by atomic mass is 79.9. The third-order valence-corrected chi connectivity index (χ3v) is 6.35. The SMILES string of the molecule is C[C@H](N(C)C)C1(O)CN(C(=O)c2cc3ccnnc3cc2Nc2ccc(Br)cc2F)C1. The first kappa shape index (κ1) is 21.6. The van der Waals surface area contributed by atoms with E-state index in [0.29, 0.717) is 21.2 Å². The third kappa shape index (κ3) is 4.13. The number of nitrogens with one attached hydrogen (secondary N) is 1. The Morgan fingerprint density at radius 2 is 2.00 bits per heavy atom. The van der Waals surface area contributed by atoms with Gasteiger partial charge in [-0.1, -0.05) is 15.9 Å². The molecule has 1 fully saturated rings. The van der Waals surface area contributed by atoms with Crippen LogP contribution in [0.5, 0.6) is 0 Å². The lowest BCUT2D eigenvalue weighted by Crippen LogP contribution is -2.70. The van der Waals surface area contributed by atoms with Crippen molar-refractivity contribution in [1.82, 2.24) is 20.0 Å². The Bertz CT molecular complexity index is 1150. The molecule has 2 heterocycles. The summed E-state index contributed by atoms with van der Waals surface area (Å²) in [5, 5.41) is 22.6. The van der Waals surface area contributed by atoms with Crippen LogP contribution in [0, 0.1) is 5.82 Å². The minimum Gasteiger partial charge on any atom is -0.385 e. The van der Waals surface area contributed by atoms with Crippen LogP contribution in [-0.2, 0) is 0 Å². The van der Waals surface area contributed by atoms with E-state index in [1.807, 2.05) is 25.9 Å². The van der Waals surface area contributed by atoms with Crippen molar-refractivity contribution < 1.29 is 14.3 Å². The summed E-state index contributed by atoms with van der Waals surface area (Å²) in [7, 11) is 3.79. The summed E-state index contributed by atoms with van der Waals surface area (Å²) >= 11 is 3.25. The fourth-order valence-electron chi connectivity index (χ4n) is 3.72. The Morgan fingerprint density at radius 1 is 1.26 bits per heavy atom. The summed E-state index contributed by atoms with van der Waals surface area (Å²) in [6.45, 7) is 2.38. The average Bonchev–Trinajstić information content (AvgIpc) is 2.71. The molecular formula is C22H23BrFN5O2. The van der Waals surface area contributed by atoms with Gasteiger partial charge in [-0.15, -0.1) is 0 Å². The summed E-state index contributed by atoms with van der Waals surface area (Å²) in [5.74, 6) is -0.695. The van der Waals surface area contributed by atoms with E-state index >= 15 is 0 Å². The van der Waals surface area contributed by atoms with Crippen LogP contribution in [0.25, 0.3) is 10.9 Å². The number of hydrogen-bond acceptors (Lipinski definition) is 6. The van der Waals surface area contributed by atoms with Crippen LogP contribution in [0.4, 0.5) is 15.8 Å². The Balaban J connectivity index is 1.68. The zero-order chi connectivity index (χ0) is 22.3. The van der Waals surface area contributed by atoms with Crippen LogP contribution in [-0.4, -0.2) is 69.8 Å².